The molecule has 128 valence electrons. The molecule has 0 aliphatic carbocycles. The van der Waals surface area contributed by atoms with Gasteiger partial charge in [0.25, 0.3) is 0 Å². The number of rotatable bonds is 7. The first kappa shape index (κ1) is 17.9. The molecule has 2 aromatic rings. The van der Waals surface area contributed by atoms with Crippen molar-refractivity contribution in [2.75, 3.05) is 13.2 Å². The summed E-state index contributed by atoms with van der Waals surface area (Å²) >= 11 is 0. The molecular weight excluding hydrogens is 311 g/mol. The van der Waals surface area contributed by atoms with Gasteiger partial charge in [-0.05, 0) is 36.8 Å². The molecule has 6 heteroatoms. The summed E-state index contributed by atoms with van der Waals surface area (Å²) in [7, 11) is 0. The lowest BCUT2D eigenvalue weighted by Gasteiger charge is -2.25. The molecule has 5 nitrogen and oxygen atoms in total. The quantitative estimate of drug-likeness (QED) is 0.718. The number of amides is 1. The van der Waals surface area contributed by atoms with Crippen LogP contribution in [0, 0.1) is 5.82 Å². The van der Waals surface area contributed by atoms with E-state index in [-0.39, 0.29) is 19.0 Å². The lowest BCUT2D eigenvalue weighted by atomic mass is 9.92. The molecule has 0 aliphatic heterocycles. The van der Waals surface area contributed by atoms with Gasteiger partial charge in [0.05, 0.1) is 0 Å². The van der Waals surface area contributed by atoms with E-state index in [2.05, 4.69) is 5.32 Å². The van der Waals surface area contributed by atoms with Gasteiger partial charge in [-0.2, -0.15) is 0 Å². The van der Waals surface area contributed by atoms with Crippen LogP contribution in [0.15, 0.2) is 54.6 Å². The third-order valence-electron chi connectivity index (χ3n) is 3.60. The first-order valence-corrected chi connectivity index (χ1v) is 7.58. The Bertz CT molecular complexity index is 660. The van der Waals surface area contributed by atoms with E-state index in [0.29, 0.717) is 11.3 Å². The predicted octanol–water partition coefficient (Wildman–Crippen LogP) is 1.56. The molecule has 0 aromatic heterocycles. The maximum Gasteiger partial charge on any atom is 0.244 e. The molecule has 0 aliphatic rings. The molecule has 24 heavy (non-hydrogen) atoms. The van der Waals surface area contributed by atoms with E-state index in [1.807, 2.05) is 6.07 Å². The Hall–Kier alpha value is -2.44. The highest BCUT2D eigenvalue weighted by Gasteiger charge is 2.30. The molecule has 2 atom stereocenters. The van der Waals surface area contributed by atoms with Gasteiger partial charge in [-0.15, -0.1) is 0 Å². The molecule has 0 fully saturated rings. The van der Waals surface area contributed by atoms with Gasteiger partial charge in [-0.3, -0.25) is 4.79 Å². The van der Waals surface area contributed by atoms with Gasteiger partial charge in [0, 0.05) is 6.54 Å². The number of halogens is 1. The Labute approximate surface area is 140 Å². The zero-order chi connectivity index (χ0) is 17.6. The van der Waals surface area contributed by atoms with Crippen LogP contribution in [0.25, 0.3) is 0 Å². The number of ether oxygens (including phenoxy) is 1. The zero-order valence-corrected chi connectivity index (χ0v) is 13.4. The molecular formula is C18H21FN2O3. The summed E-state index contributed by atoms with van der Waals surface area (Å²) in [5.74, 6) is -0.317. The minimum absolute atomic E-state index is 0.000346. The SMILES string of the molecule is CC(N)(C(=O)NCC(O)COc1ccc(F)cc1)c1ccccc1. The summed E-state index contributed by atoms with van der Waals surface area (Å²) in [6.07, 6.45) is -0.912. The minimum atomic E-state index is -1.20. The summed E-state index contributed by atoms with van der Waals surface area (Å²) in [5, 5.41) is 12.5. The van der Waals surface area contributed by atoms with E-state index in [0.717, 1.165) is 0 Å². The van der Waals surface area contributed by atoms with Crippen molar-refractivity contribution in [1.82, 2.24) is 5.32 Å². The Kier molecular flexibility index (Phi) is 5.89. The molecule has 0 saturated heterocycles. The fraction of sp³-hybridized carbons (Fsp3) is 0.278. The van der Waals surface area contributed by atoms with E-state index in [1.54, 1.807) is 31.2 Å². The van der Waals surface area contributed by atoms with Crippen molar-refractivity contribution in [3.63, 3.8) is 0 Å². The minimum Gasteiger partial charge on any atom is -0.491 e. The molecule has 0 bridgehead atoms. The Morgan fingerprint density at radius 1 is 1.25 bits per heavy atom. The number of carbonyl (C=O) groups is 1. The largest absolute Gasteiger partial charge is 0.491 e. The average Bonchev–Trinajstić information content (AvgIpc) is 2.59. The van der Waals surface area contributed by atoms with Crippen LogP contribution < -0.4 is 15.8 Å². The Morgan fingerprint density at radius 2 is 1.88 bits per heavy atom. The molecule has 0 saturated carbocycles. The summed E-state index contributed by atoms with van der Waals surface area (Å²) in [6.45, 7) is 1.58. The second-order valence-corrected chi connectivity index (χ2v) is 5.70. The van der Waals surface area contributed by atoms with Gasteiger partial charge in [-0.1, -0.05) is 30.3 Å². The predicted molar refractivity (Wildman–Crippen MR) is 88.9 cm³/mol. The lowest BCUT2D eigenvalue weighted by molar-refractivity contribution is -0.126. The van der Waals surface area contributed by atoms with E-state index >= 15 is 0 Å². The summed E-state index contributed by atoms with van der Waals surface area (Å²) in [4.78, 5) is 12.3. The number of nitrogens with two attached hydrogens (primary N) is 1. The van der Waals surface area contributed by atoms with Crippen molar-refractivity contribution in [3.8, 4) is 5.75 Å². The van der Waals surface area contributed by atoms with Crippen molar-refractivity contribution >= 4 is 5.91 Å². The van der Waals surface area contributed by atoms with E-state index in [4.69, 9.17) is 10.5 Å². The summed E-state index contributed by atoms with van der Waals surface area (Å²) in [6, 6.07) is 14.5. The third kappa shape index (κ3) is 4.78. The molecule has 4 N–H and O–H groups in total. The maximum absolute atomic E-state index is 12.8. The Morgan fingerprint density at radius 3 is 2.50 bits per heavy atom. The number of aliphatic hydroxyl groups excluding tert-OH is 1. The molecule has 0 heterocycles. The van der Waals surface area contributed by atoms with Crippen molar-refractivity contribution in [3.05, 3.63) is 66.0 Å². The van der Waals surface area contributed by atoms with Crippen LogP contribution in [-0.4, -0.2) is 30.3 Å². The zero-order valence-electron chi connectivity index (χ0n) is 13.4. The van der Waals surface area contributed by atoms with Crippen LogP contribution in [0.5, 0.6) is 5.75 Å². The van der Waals surface area contributed by atoms with Gasteiger partial charge in [0.15, 0.2) is 0 Å². The van der Waals surface area contributed by atoms with Crippen LogP contribution in [0.1, 0.15) is 12.5 Å². The van der Waals surface area contributed by atoms with Crippen molar-refractivity contribution in [2.45, 2.75) is 18.6 Å². The average molecular weight is 332 g/mol. The molecule has 1 amide bonds. The number of carbonyl (C=O) groups excluding carboxylic acids is 1. The first-order chi connectivity index (χ1) is 11.4. The fourth-order valence-electron chi connectivity index (χ4n) is 2.09. The van der Waals surface area contributed by atoms with Gasteiger partial charge >= 0.3 is 0 Å². The monoisotopic (exact) mass is 332 g/mol. The van der Waals surface area contributed by atoms with E-state index in [9.17, 15) is 14.3 Å². The first-order valence-electron chi connectivity index (χ1n) is 7.58. The van der Waals surface area contributed by atoms with Gasteiger partial charge < -0.3 is 20.9 Å². The summed E-state index contributed by atoms with van der Waals surface area (Å²) < 4.78 is 18.1. The van der Waals surface area contributed by atoms with Gasteiger partial charge in [0.2, 0.25) is 5.91 Å². The van der Waals surface area contributed by atoms with Gasteiger partial charge in [0.1, 0.15) is 29.8 Å². The number of nitrogens with one attached hydrogen (secondary N) is 1. The van der Waals surface area contributed by atoms with E-state index in [1.165, 1.54) is 24.3 Å². The smallest absolute Gasteiger partial charge is 0.244 e. The van der Waals surface area contributed by atoms with Crippen molar-refractivity contribution in [2.24, 2.45) is 5.73 Å². The highest BCUT2D eigenvalue weighted by molar-refractivity contribution is 5.86. The Balaban J connectivity index is 1.81. The number of hydrogen-bond donors (Lipinski definition) is 3. The van der Waals surface area contributed by atoms with Gasteiger partial charge in [-0.25, -0.2) is 4.39 Å². The third-order valence-corrected chi connectivity index (χ3v) is 3.60. The molecule has 0 radical (unpaired) electrons. The number of benzene rings is 2. The second-order valence-electron chi connectivity index (χ2n) is 5.70. The molecule has 0 spiro atoms. The van der Waals surface area contributed by atoms with Crippen LogP contribution in [-0.2, 0) is 10.3 Å². The molecule has 2 aromatic carbocycles. The molecule has 2 rings (SSSR count). The maximum atomic E-state index is 12.8. The van der Waals surface area contributed by atoms with E-state index < -0.39 is 17.6 Å². The van der Waals surface area contributed by atoms with Crippen LogP contribution >= 0.6 is 0 Å². The van der Waals surface area contributed by atoms with Crippen molar-refractivity contribution in [1.29, 1.82) is 0 Å². The fourth-order valence-corrected chi connectivity index (χ4v) is 2.09. The normalized spacial score (nSPS) is 14.5. The second kappa shape index (κ2) is 7.90. The number of aliphatic hydroxyl groups is 1. The molecule has 2 unspecified atom stereocenters. The topological polar surface area (TPSA) is 84.6 Å². The standard InChI is InChI=1S/C18H21FN2O3/c1-18(20,13-5-3-2-4-6-13)17(23)21-11-15(22)12-24-16-9-7-14(19)8-10-16/h2-10,15,22H,11-12,20H2,1H3,(H,21,23). The highest BCUT2D eigenvalue weighted by Crippen LogP contribution is 2.17. The van der Waals surface area contributed by atoms with Crippen molar-refractivity contribution < 1.29 is 19.0 Å². The highest BCUT2D eigenvalue weighted by atomic mass is 19.1. The summed E-state index contributed by atoms with van der Waals surface area (Å²) in [5.41, 5.74) is 5.57. The van der Waals surface area contributed by atoms with Crippen LogP contribution in [0.3, 0.4) is 0 Å². The lowest BCUT2D eigenvalue weighted by Crippen LogP contribution is -2.51. The van der Waals surface area contributed by atoms with Crippen LogP contribution in [0.2, 0.25) is 0 Å². The van der Waals surface area contributed by atoms with Crippen LogP contribution in [0.4, 0.5) is 4.39 Å². The number of hydrogen-bond acceptors (Lipinski definition) is 4.